The van der Waals surface area contributed by atoms with Crippen molar-refractivity contribution in [3.05, 3.63) is 29.3 Å². The van der Waals surface area contributed by atoms with E-state index in [1.54, 1.807) is 36.8 Å². The zero-order valence-corrected chi connectivity index (χ0v) is 12.6. The second-order valence-corrected chi connectivity index (χ2v) is 5.38. The first-order valence-electron chi connectivity index (χ1n) is 6.15. The number of benzene rings is 1. The summed E-state index contributed by atoms with van der Waals surface area (Å²) in [4.78, 5) is 11.2. The summed E-state index contributed by atoms with van der Waals surface area (Å²) in [5.41, 5.74) is 6.89. The van der Waals surface area contributed by atoms with Crippen molar-refractivity contribution >= 4 is 22.0 Å². The predicted octanol–water partition coefficient (Wildman–Crippen LogP) is 0.708. The van der Waals surface area contributed by atoms with E-state index >= 15 is 0 Å². The van der Waals surface area contributed by atoms with E-state index in [2.05, 4.69) is 21.3 Å². The number of carbonyl (C=O) groups excluding carboxylic acids is 1. The molecule has 0 heterocycles. The molecule has 0 atom stereocenters. The molecule has 1 aromatic rings. The standard InChI is InChI=1S/C13H17N3O4S/c1-3-20-13(17)16-21(18,19)15-12-9-11(5-4-8-14)7-6-10(12)2/h6-7,9,15H,3,8,14H2,1-2H3,(H,16,17). The van der Waals surface area contributed by atoms with E-state index in [1.807, 2.05) is 0 Å². The van der Waals surface area contributed by atoms with Crippen LogP contribution in [0.5, 0.6) is 0 Å². The highest BCUT2D eigenvalue weighted by Crippen LogP contribution is 2.17. The van der Waals surface area contributed by atoms with Crippen LogP contribution in [0.2, 0.25) is 0 Å². The molecule has 0 fully saturated rings. The van der Waals surface area contributed by atoms with E-state index in [1.165, 1.54) is 0 Å². The van der Waals surface area contributed by atoms with Gasteiger partial charge >= 0.3 is 16.3 Å². The smallest absolute Gasteiger partial charge is 0.422 e. The number of nitrogens with two attached hydrogens (primary N) is 1. The van der Waals surface area contributed by atoms with Crippen molar-refractivity contribution in [2.24, 2.45) is 5.73 Å². The fourth-order valence-corrected chi connectivity index (χ4v) is 2.24. The zero-order valence-electron chi connectivity index (χ0n) is 11.8. The lowest BCUT2D eigenvalue weighted by molar-refractivity contribution is 0.159. The molecule has 8 heteroatoms. The third kappa shape index (κ3) is 5.72. The zero-order chi connectivity index (χ0) is 15.9. The van der Waals surface area contributed by atoms with Crippen molar-refractivity contribution in [2.45, 2.75) is 13.8 Å². The number of ether oxygens (including phenoxy) is 1. The van der Waals surface area contributed by atoms with Gasteiger partial charge in [-0.3, -0.25) is 4.72 Å². The Morgan fingerprint density at radius 3 is 2.76 bits per heavy atom. The minimum Gasteiger partial charge on any atom is -0.449 e. The summed E-state index contributed by atoms with van der Waals surface area (Å²) in [7, 11) is -4.06. The fourth-order valence-electron chi connectivity index (χ4n) is 1.40. The number of amides is 1. The number of hydrogen-bond acceptors (Lipinski definition) is 5. The van der Waals surface area contributed by atoms with Crippen LogP contribution in [0.25, 0.3) is 0 Å². The molecule has 0 spiro atoms. The van der Waals surface area contributed by atoms with Crippen LogP contribution in [0.15, 0.2) is 18.2 Å². The van der Waals surface area contributed by atoms with E-state index in [9.17, 15) is 13.2 Å². The van der Waals surface area contributed by atoms with E-state index in [0.29, 0.717) is 16.8 Å². The topological polar surface area (TPSA) is 111 Å². The molecule has 0 radical (unpaired) electrons. The molecule has 1 rings (SSSR count). The molecule has 0 saturated heterocycles. The van der Waals surface area contributed by atoms with Crippen LogP contribution in [-0.4, -0.2) is 27.7 Å². The monoisotopic (exact) mass is 311 g/mol. The van der Waals surface area contributed by atoms with Crippen molar-refractivity contribution in [3.63, 3.8) is 0 Å². The number of nitrogens with one attached hydrogen (secondary N) is 2. The Kier molecular flexibility index (Phi) is 6.02. The number of rotatable bonds is 4. The lowest BCUT2D eigenvalue weighted by atomic mass is 10.1. The minimum absolute atomic E-state index is 0.0740. The van der Waals surface area contributed by atoms with Crippen LogP contribution in [-0.2, 0) is 14.9 Å². The highest BCUT2D eigenvalue weighted by atomic mass is 32.2. The maximum atomic E-state index is 11.8. The van der Waals surface area contributed by atoms with Gasteiger partial charge in [0.05, 0.1) is 18.8 Å². The molecule has 0 saturated carbocycles. The molecule has 0 aliphatic heterocycles. The quantitative estimate of drug-likeness (QED) is 0.709. The maximum absolute atomic E-state index is 11.8. The molecule has 1 amide bonds. The van der Waals surface area contributed by atoms with Crippen molar-refractivity contribution in [2.75, 3.05) is 17.9 Å². The van der Waals surface area contributed by atoms with Gasteiger partial charge in [-0.25, -0.2) is 9.52 Å². The lowest BCUT2D eigenvalue weighted by Crippen LogP contribution is -2.35. The summed E-state index contributed by atoms with van der Waals surface area (Å²) in [6, 6.07) is 5.01. The summed E-state index contributed by atoms with van der Waals surface area (Å²) < 4.78 is 32.1. The largest absolute Gasteiger partial charge is 0.449 e. The highest BCUT2D eigenvalue weighted by molar-refractivity contribution is 7.91. The van der Waals surface area contributed by atoms with Crippen LogP contribution in [0.4, 0.5) is 10.5 Å². The third-order valence-corrected chi connectivity index (χ3v) is 3.23. The molecule has 114 valence electrons. The Morgan fingerprint density at radius 1 is 1.43 bits per heavy atom. The van der Waals surface area contributed by atoms with Gasteiger partial charge in [0.25, 0.3) is 0 Å². The molecule has 0 aromatic heterocycles. The molecule has 4 N–H and O–H groups in total. The third-order valence-electron chi connectivity index (χ3n) is 2.31. The normalized spacial score (nSPS) is 10.2. The van der Waals surface area contributed by atoms with E-state index in [-0.39, 0.29) is 13.2 Å². The number of aryl methyl sites for hydroxylation is 1. The van der Waals surface area contributed by atoms with Crippen LogP contribution >= 0.6 is 0 Å². The van der Waals surface area contributed by atoms with Gasteiger partial charge in [-0.15, -0.1) is 0 Å². The molecule has 7 nitrogen and oxygen atoms in total. The van der Waals surface area contributed by atoms with Crippen molar-refractivity contribution in [3.8, 4) is 11.8 Å². The summed E-state index contributed by atoms with van der Waals surface area (Å²) in [6.45, 7) is 3.58. The first-order chi connectivity index (χ1) is 9.88. The Labute approximate surface area is 124 Å². The molecular weight excluding hydrogens is 294 g/mol. The first-order valence-corrected chi connectivity index (χ1v) is 7.63. The SMILES string of the molecule is CCOC(=O)NS(=O)(=O)Nc1cc(C#CCN)ccc1C. The Bertz CT molecular complexity index is 674. The van der Waals surface area contributed by atoms with Gasteiger partial charge in [-0.05, 0) is 31.5 Å². The van der Waals surface area contributed by atoms with Crippen molar-refractivity contribution in [1.82, 2.24) is 4.72 Å². The number of carbonyl (C=O) groups is 1. The molecule has 0 aliphatic carbocycles. The van der Waals surface area contributed by atoms with Gasteiger partial charge in [0.1, 0.15) is 0 Å². The molecule has 0 unspecified atom stereocenters. The average Bonchev–Trinajstić information content (AvgIpc) is 2.39. The molecule has 21 heavy (non-hydrogen) atoms. The summed E-state index contributed by atoms with van der Waals surface area (Å²) in [5.74, 6) is 5.47. The molecule has 0 bridgehead atoms. The van der Waals surface area contributed by atoms with Crippen LogP contribution < -0.4 is 15.2 Å². The van der Waals surface area contributed by atoms with E-state index in [0.717, 1.165) is 0 Å². The fraction of sp³-hybridized carbons (Fsp3) is 0.308. The Morgan fingerprint density at radius 2 is 2.14 bits per heavy atom. The first kappa shape index (κ1) is 16.8. The van der Waals surface area contributed by atoms with Gasteiger partial charge in [0.15, 0.2) is 0 Å². The Hall–Kier alpha value is -2.24. The van der Waals surface area contributed by atoms with Gasteiger partial charge in [0.2, 0.25) is 0 Å². The van der Waals surface area contributed by atoms with Crippen LogP contribution in [0.1, 0.15) is 18.1 Å². The summed E-state index contributed by atoms with van der Waals surface area (Å²) >= 11 is 0. The van der Waals surface area contributed by atoms with Crippen molar-refractivity contribution in [1.29, 1.82) is 0 Å². The Balaban J connectivity index is 2.93. The highest BCUT2D eigenvalue weighted by Gasteiger charge is 2.16. The summed E-state index contributed by atoms with van der Waals surface area (Å²) in [6.07, 6.45) is -1.04. The maximum Gasteiger partial charge on any atom is 0.422 e. The van der Waals surface area contributed by atoms with E-state index < -0.39 is 16.3 Å². The second kappa shape index (κ2) is 7.52. The van der Waals surface area contributed by atoms with Gasteiger partial charge < -0.3 is 10.5 Å². The second-order valence-electron chi connectivity index (χ2n) is 3.96. The molecule has 0 aliphatic rings. The van der Waals surface area contributed by atoms with Gasteiger partial charge in [0, 0.05) is 5.56 Å². The molecule has 1 aromatic carbocycles. The minimum atomic E-state index is -4.06. The average molecular weight is 311 g/mol. The van der Waals surface area contributed by atoms with Crippen LogP contribution in [0, 0.1) is 18.8 Å². The molecular formula is C13H17N3O4S. The van der Waals surface area contributed by atoms with Gasteiger partial charge in [-0.1, -0.05) is 17.9 Å². The number of anilines is 1. The summed E-state index contributed by atoms with van der Waals surface area (Å²) in [5, 5.41) is 0. The predicted molar refractivity (Wildman–Crippen MR) is 79.8 cm³/mol. The van der Waals surface area contributed by atoms with Gasteiger partial charge in [-0.2, -0.15) is 8.42 Å². The van der Waals surface area contributed by atoms with Crippen LogP contribution in [0.3, 0.4) is 0 Å². The van der Waals surface area contributed by atoms with E-state index in [4.69, 9.17) is 5.73 Å². The number of hydrogen-bond donors (Lipinski definition) is 3. The lowest BCUT2D eigenvalue weighted by Gasteiger charge is -2.11. The van der Waals surface area contributed by atoms with Crippen molar-refractivity contribution < 1.29 is 17.9 Å².